The maximum atomic E-state index is 12.2. The molecular formula is C14H28N2O. The fourth-order valence-electron chi connectivity index (χ4n) is 2.41. The Bertz CT molecular complexity index is 238. The van der Waals surface area contributed by atoms with Gasteiger partial charge in [-0.25, -0.2) is 0 Å². The van der Waals surface area contributed by atoms with E-state index in [1.807, 2.05) is 4.90 Å². The van der Waals surface area contributed by atoms with Gasteiger partial charge in [0.1, 0.15) is 0 Å². The molecule has 0 aromatic carbocycles. The average molecular weight is 240 g/mol. The summed E-state index contributed by atoms with van der Waals surface area (Å²) in [4.78, 5) is 14.2. The molecule has 0 aliphatic carbocycles. The molecule has 1 unspecified atom stereocenters. The van der Waals surface area contributed by atoms with Crippen LogP contribution < -0.4 is 5.32 Å². The number of nitrogens with zero attached hydrogens (tertiary/aromatic N) is 1. The Balaban J connectivity index is 2.36. The Morgan fingerprint density at radius 2 is 2.06 bits per heavy atom. The SMILES string of the molecule is CC(C)CCCN1CCCC(NC(C)C)C1=O. The van der Waals surface area contributed by atoms with Crippen molar-refractivity contribution in [1.82, 2.24) is 10.2 Å². The highest BCUT2D eigenvalue weighted by molar-refractivity contribution is 5.82. The predicted molar refractivity (Wildman–Crippen MR) is 71.9 cm³/mol. The van der Waals surface area contributed by atoms with E-state index in [4.69, 9.17) is 0 Å². The number of hydrogen-bond acceptors (Lipinski definition) is 2. The number of amides is 1. The number of likely N-dealkylation sites (tertiary alicyclic amines) is 1. The molecule has 1 N–H and O–H groups in total. The molecule has 0 spiro atoms. The summed E-state index contributed by atoms with van der Waals surface area (Å²) in [7, 11) is 0. The Hall–Kier alpha value is -0.570. The zero-order valence-corrected chi connectivity index (χ0v) is 11.8. The van der Waals surface area contributed by atoms with Gasteiger partial charge in [-0.3, -0.25) is 4.79 Å². The second-order valence-corrected chi connectivity index (χ2v) is 5.88. The van der Waals surface area contributed by atoms with Crippen molar-refractivity contribution in [2.75, 3.05) is 13.1 Å². The van der Waals surface area contributed by atoms with E-state index in [2.05, 4.69) is 33.0 Å². The topological polar surface area (TPSA) is 32.3 Å². The molecular weight excluding hydrogens is 212 g/mol. The summed E-state index contributed by atoms with van der Waals surface area (Å²) < 4.78 is 0. The van der Waals surface area contributed by atoms with Crippen molar-refractivity contribution < 1.29 is 4.79 Å². The van der Waals surface area contributed by atoms with Gasteiger partial charge < -0.3 is 10.2 Å². The molecule has 100 valence electrons. The first-order chi connectivity index (χ1) is 8.00. The summed E-state index contributed by atoms with van der Waals surface area (Å²) in [5.74, 6) is 1.05. The van der Waals surface area contributed by atoms with Gasteiger partial charge in [0.05, 0.1) is 6.04 Å². The van der Waals surface area contributed by atoms with E-state index < -0.39 is 0 Å². The summed E-state index contributed by atoms with van der Waals surface area (Å²) in [5, 5.41) is 3.37. The van der Waals surface area contributed by atoms with Gasteiger partial charge in [0.25, 0.3) is 0 Å². The molecule has 1 aliphatic heterocycles. The van der Waals surface area contributed by atoms with Crippen molar-refractivity contribution in [2.45, 2.75) is 65.5 Å². The normalized spacial score (nSPS) is 21.6. The van der Waals surface area contributed by atoms with E-state index in [1.165, 1.54) is 6.42 Å². The highest BCUT2D eigenvalue weighted by atomic mass is 16.2. The van der Waals surface area contributed by atoms with Crippen LogP contribution in [-0.2, 0) is 4.79 Å². The third-order valence-electron chi connectivity index (χ3n) is 3.27. The van der Waals surface area contributed by atoms with Gasteiger partial charge in [-0.2, -0.15) is 0 Å². The summed E-state index contributed by atoms with van der Waals surface area (Å²) >= 11 is 0. The second kappa shape index (κ2) is 7.00. The van der Waals surface area contributed by atoms with E-state index in [0.717, 1.165) is 38.3 Å². The molecule has 3 heteroatoms. The van der Waals surface area contributed by atoms with Crippen LogP contribution in [-0.4, -0.2) is 36.0 Å². The zero-order chi connectivity index (χ0) is 12.8. The van der Waals surface area contributed by atoms with E-state index in [9.17, 15) is 4.79 Å². The molecule has 17 heavy (non-hydrogen) atoms. The lowest BCUT2D eigenvalue weighted by molar-refractivity contribution is -0.136. The summed E-state index contributed by atoms with van der Waals surface area (Å²) in [6.45, 7) is 10.6. The minimum absolute atomic E-state index is 0.0581. The highest BCUT2D eigenvalue weighted by Gasteiger charge is 2.28. The first kappa shape index (κ1) is 14.5. The van der Waals surface area contributed by atoms with E-state index >= 15 is 0 Å². The number of nitrogens with one attached hydrogen (secondary N) is 1. The van der Waals surface area contributed by atoms with Crippen LogP contribution in [0.15, 0.2) is 0 Å². The molecule has 1 amide bonds. The van der Waals surface area contributed by atoms with E-state index in [0.29, 0.717) is 11.9 Å². The van der Waals surface area contributed by atoms with Crippen molar-refractivity contribution in [3.8, 4) is 0 Å². The van der Waals surface area contributed by atoms with E-state index in [-0.39, 0.29) is 6.04 Å². The number of rotatable bonds is 6. The third-order valence-corrected chi connectivity index (χ3v) is 3.27. The lowest BCUT2D eigenvalue weighted by Gasteiger charge is -2.33. The van der Waals surface area contributed by atoms with Gasteiger partial charge in [0, 0.05) is 19.1 Å². The summed E-state index contributed by atoms with van der Waals surface area (Å²) in [6, 6.07) is 0.447. The van der Waals surface area contributed by atoms with Gasteiger partial charge in [0.15, 0.2) is 0 Å². The molecule has 1 fully saturated rings. The van der Waals surface area contributed by atoms with Crippen LogP contribution in [0.4, 0.5) is 0 Å². The van der Waals surface area contributed by atoms with Gasteiger partial charge in [-0.05, 0) is 31.6 Å². The van der Waals surface area contributed by atoms with E-state index in [1.54, 1.807) is 0 Å². The van der Waals surface area contributed by atoms with Crippen LogP contribution in [0.3, 0.4) is 0 Å². The van der Waals surface area contributed by atoms with Crippen LogP contribution in [0.25, 0.3) is 0 Å². The van der Waals surface area contributed by atoms with Crippen LogP contribution in [0.5, 0.6) is 0 Å². The Labute approximate surface area is 106 Å². The zero-order valence-electron chi connectivity index (χ0n) is 11.8. The maximum Gasteiger partial charge on any atom is 0.239 e. The number of carbonyl (C=O) groups is 1. The van der Waals surface area contributed by atoms with Gasteiger partial charge in [-0.15, -0.1) is 0 Å². The summed E-state index contributed by atoms with van der Waals surface area (Å²) in [5.41, 5.74) is 0. The van der Waals surface area contributed by atoms with Crippen LogP contribution >= 0.6 is 0 Å². The van der Waals surface area contributed by atoms with Gasteiger partial charge in [-0.1, -0.05) is 27.7 Å². The number of hydrogen-bond donors (Lipinski definition) is 1. The number of carbonyl (C=O) groups excluding carboxylic acids is 1. The largest absolute Gasteiger partial charge is 0.341 e. The quantitative estimate of drug-likeness (QED) is 0.773. The molecule has 0 aromatic rings. The molecule has 1 saturated heterocycles. The van der Waals surface area contributed by atoms with Crippen molar-refractivity contribution >= 4 is 5.91 Å². The smallest absolute Gasteiger partial charge is 0.239 e. The molecule has 0 saturated carbocycles. The van der Waals surface area contributed by atoms with Crippen molar-refractivity contribution in [1.29, 1.82) is 0 Å². The first-order valence-corrected chi connectivity index (χ1v) is 7.05. The fourth-order valence-corrected chi connectivity index (χ4v) is 2.41. The minimum atomic E-state index is 0.0581. The lowest BCUT2D eigenvalue weighted by Crippen LogP contribution is -2.52. The average Bonchev–Trinajstić information content (AvgIpc) is 2.22. The minimum Gasteiger partial charge on any atom is -0.341 e. The van der Waals surface area contributed by atoms with Crippen molar-refractivity contribution in [3.63, 3.8) is 0 Å². The Morgan fingerprint density at radius 3 is 2.65 bits per heavy atom. The van der Waals surface area contributed by atoms with Gasteiger partial charge >= 0.3 is 0 Å². The molecule has 1 aliphatic rings. The van der Waals surface area contributed by atoms with Crippen molar-refractivity contribution in [2.24, 2.45) is 5.92 Å². The molecule has 0 radical (unpaired) electrons. The van der Waals surface area contributed by atoms with Crippen LogP contribution in [0, 0.1) is 5.92 Å². The predicted octanol–water partition coefficient (Wildman–Crippen LogP) is 2.41. The van der Waals surface area contributed by atoms with Crippen molar-refractivity contribution in [3.05, 3.63) is 0 Å². The lowest BCUT2D eigenvalue weighted by atomic mass is 10.0. The molecule has 1 atom stereocenters. The Morgan fingerprint density at radius 1 is 1.35 bits per heavy atom. The molecule has 1 rings (SSSR count). The number of piperidine rings is 1. The molecule has 0 aromatic heterocycles. The van der Waals surface area contributed by atoms with Gasteiger partial charge in [0.2, 0.25) is 5.91 Å². The Kier molecular flexibility index (Phi) is 5.96. The van der Waals surface area contributed by atoms with Crippen LogP contribution in [0.2, 0.25) is 0 Å². The second-order valence-electron chi connectivity index (χ2n) is 5.88. The molecule has 0 bridgehead atoms. The fraction of sp³-hybridized carbons (Fsp3) is 0.929. The summed E-state index contributed by atoms with van der Waals surface area (Å²) in [6.07, 6.45) is 4.49. The standard InChI is InChI=1S/C14H28N2O/c1-11(2)7-5-9-16-10-6-8-13(14(16)17)15-12(3)4/h11-13,15H,5-10H2,1-4H3. The highest BCUT2D eigenvalue weighted by Crippen LogP contribution is 2.14. The monoisotopic (exact) mass is 240 g/mol. The van der Waals surface area contributed by atoms with Crippen LogP contribution in [0.1, 0.15) is 53.4 Å². The third kappa shape index (κ3) is 5.07. The molecule has 3 nitrogen and oxygen atoms in total. The maximum absolute atomic E-state index is 12.2. The molecule has 1 heterocycles. The first-order valence-electron chi connectivity index (χ1n) is 7.05.